The van der Waals surface area contributed by atoms with Gasteiger partial charge in [0.2, 0.25) is 0 Å². The number of methoxy groups -OCH3 is 1. The van der Waals surface area contributed by atoms with Gasteiger partial charge in [0.1, 0.15) is 0 Å². The van der Waals surface area contributed by atoms with E-state index in [0.717, 1.165) is 6.42 Å². The number of thiophene rings is 1. The standard InChI is InChI=1S/C18H28N2O2S/c1-13(18(21)22-3)11-14-12-15-16(5-4-6-17(15)23-14)20-9-7-19(2)8-10-20/h12-13,16H,4-11H2,1-3H3. The Labute approximate surface area is 143 Å². The minimum atomic E-state index is -0.105. The van der Waals surface area contributed by atoms with Crippen LogP contribution in [0.1, 0.15) is 41.1 Å². The third-order valence-electron chi connectivity index (χ3n) is 5.22. The first kappa shape index (κ1) is 16.9. The van der Waals surface area contributed by atoms with Crippen molar-refractivity contribution in [3.63, 3.8) is 0 Å². The van der Waals surface area contributed by atoms with Crippen LogP contribution in [0.2, 0.25) is 0 Å². The molecule has 2 heterocycles. The molecule has 1 fully saturated rings. The zero-order valence-electron chi connectivity index (χ0n) is 14.5. The van der Waals surface area contributed by atoms with Gasteiger partial charge in [-0.2, -0.15) is 0 Å². The van der Waals surface area contributed by atoms with Crippen LogP contribution in [0.4, 0.5) is 0 Å². The Bertz CT molecular complexity index is 549. The van der Waals surface area contributed by atoms with Crippen LogP contribution in [-0.2, 0) is 22.4 Å². The highest BCUT2D eigenvalue weighted by molar-refractivity contribution is 7.12. The number of fused-ring (bicyclic) bond motifs is 1. The molecular formula is C18H28N2O2S. The zero-order chi connectivity index (χ0) is 16.4. The normalized spacial score (nSPS) is 24.2. The van der Waals surface area contributed by atoms with Crippen molar-refractivity contribution in [2.45, 2.75) is 38.6 Å². The lowest BCUT2D eigenvalue weighted by Crippen LogP contribution is -2.46. The molecule has 5 heteroatoms. The van der Waals surface area contributed by atoms with Gasteiger partial charge >= 0.3 is 5.97 Å². The van der Waals surface area contributed by atoms with Crippen molar-refractivity contribution in [3.05, 3.63) is 21.4 Å². The van der Waals surface area contributed by atoms with E-state index >= 15 is 0 Å². The Kier molecular flexibility index (Phi) is 5.39. The Morgan fingerprint density at radius 3 is 2.83 bits per heavy atom. The Morgan fingerprint density at radius 1 is 1.39 bits per heavy atom. The lowest BCUT2D eigenvalue weighted by atomic mass is 9.91. The minimum absolute atomic E-state index is 0.0535. The molecule has 2 unspecified atom stereocenters. The molecule has 0 spiro atoms. The van der Waals surface area contributed by atoms with Gasteiger partial charge in [-0.05, 0) is 44.4 Å². The predicted molar refractivity (Wildman–Crippen MR) is 94.0 cm³/mol. The number of carbonyl (C=O) groups excluding carboxylic acids is 1. The van der Waals surface area contributed by atoms with Crippen molar-refractivity contribution in [1.82, 2.24) is 9.80 Å². The summed E-state index contributed by atoms with van der Waals surface area (Å²) in [4.78, 5) is 19.6. The number of rotatable bonds is 4. The summed E-state index contributed by atoms with van der Waals surface area (Å²) in [7, 11) is 3.68. The molecule has 1 saturated heterocycles. The molecule has 0 aromatic carbocycles. The molecule has 2 atom stereocenters. The molecule has 0 radical (unpaired) electrons. The second-order valence-corrected chi connectivity index (χ2v) is 8.19. The maximum absolute atomic E-state index is 11.7. The molecule has 0 bridgehead atoms. The van der Waals surface area contributed by atoms with E-state index in [1.165, 1.54) is 63.0 Å². The highest BCUT2D eigenvalue weighted by atomic mass is 32.1. The van der Waals surface area contributed by atoms with Crippen molar-refractivity contribution in [2.75, 3.05) is 40.3 Å². The fraction of sp³-hybridized carbons (Fsp3) is 0.722. The quantitative estimate of drug-likeness (QED) is 0.792. The first-order chi connectivity index (χ1) is 11.1. The predicted octanol–water partition coefficient (Wildman–Crippen LogP) is 2.72. The van der Waals surface area contributed by atoms with Gasteiger partial charge in [0, 0.05) is 42.0 Å². The highest BCUT2D eigenvalue weighted by Gasteiger charge is 2.30. The van der Waals surface area contributed by atoms with Gasteiger partial charge in [0.05, 0.1) is 13.0 Å². The summed E-state index contributed by atoms with van der Waals surface area (Å²) in [6, 6.07) is 2.97. The van der Waals surface area contributed by atoms with E-state index in [1.807, 2.05) is 18.3 Å². The monoisotopic (exact) mass is 336 g/mol. The van der Waals surface area contributed by atoms with Crippen molar-refractivity contribution in [1.29, 1.82) is 0 Å². The van der Waals surface area contributed by atoms with Crippen LogP contribution in [0.25, 0.3) is 0 Å². The van der Waals surface area contributed by atoms with Crippen molar-refractivity contribution >= 4 is 17.3 Å². The van der Waals surface area contributed by atoms with Gasteiger partial charge in [0.15, 0.2) is 0 Å². The smallest absolute Gasteiger partial charge is 0.308 e. The molecule has 3 rings (SSSR count). The number of ether oxygens (including phenoxy) is 1. The first-order valence-electron chi connectivity index (χ1n) is 8.70. The fourth-order valence-electron chi connectivity index (χ4n) is 3.79. The topological polar surface area (TPSA) is 32.8 Å². The number of piperazine rings is 1. The van der Waals surface area contributed by atoms with Crippen LogP contribution in [0, 0.1) is 5.92 Å². The third kappa shape index (κ3) is 3.78. The number of esters is 1. The van der Waals surface area contributed by atoms with E-state index in [0.29, 0.717) is 6.04 Å². The van der Waals surface area contributed by atoms with E-state index in [1.54, 1.807) is 4.88 Å². The van der Waals surface area contributed by atoms with E-state index in [4.69, 9.17) is 4.74 Å². The molecule has 4 nitrogen and oxygen atoms in total. The number of hydrogen-bond donors (Lipinski definition) is 0. The maximum atomic E-state index is 11.7. The summed E-state index contributed by atoms with van der Waals surface area (Å²) < 4.78 is 4.87. The lowest BCUT2D eigenvalue weighted by Gasteiger charge is -2.39. The average Bonchev–Trinajstić information content (AvgIpc) is 2.97. The van der Waals surface area contributed by atoms with Gasteiger partial charge in [-0.1, -0.05) is 6.92 Å². The molecule has 0 amide bonds. The molecule has 1 aromatic rings. The number of likely N-dealkylation sites (N-methyl/N-ethyl adjacent to an activating group) is 1. The Hall–Kier alpha value is -0.910. The van der Waals surface area contributed by atoms with E-state index in [2.05, 4.69) is 22.9 Å². The van der Waals surface area contributed by atoms with Crippen molar-refractivity contribution in [3.8, 4) is 0 Å². The fourth-order valence-corrected chi connectivity index (χ4v) is 5.18. The summed E-state index contributed by atoms with van der Waals surface area (Å²) >= 11 is 1.91. The van der Waals surface area contributed by atoms with Gasteiger partial charge in [-0.3, -0.25) is 9.69 Å². The van der Waals surface area contributed by atoms with Crippen molar-refractivity contribution < 1.29 is 9.53 Å². The second-order valence-electron chi connectivity index (χ2n) is 6.97. The number of aryl methyl sites for hydroxylation is 1. The summed E-state index contributed by atoms with van der Waals surface area (Å²) in [5, 5.41) is 0. The number of nitrogens with zero attached hydrogens (tertiary/aromatic N) is 2. The van der Waals surface area contributed by atoms with Crippen LogP contribution >= 0.6 is 11.3 Å². The minimum Gasteiger partial charge on any atom is -0.469 e. The summed E-state index contributed by atoms with van der Waals surface area (Å²) in [6.45, 7) is 6.64. The zero-order valence-corrected chi connectivity index (χ0v) is 15.3. The lowest BCUT2D eigenvalue weighted by molar-refractivity contribution is -0.144. The van der Waals surface area contributed by atoms with Crippen LogP contribution < -0.4 is 0 Å². The van der Waals surface area contributed by atoms with Crippen molar-refractivity contribution in [2.24, 2.45) is 5.92 Å². The molecule has 128 valence electrons. The van der Waals surface area contributed by atoms with E-state index in [9.17, 15) is 4.79 Å². The number of hydrogen-bond acceptors (Lipinski definition) is 5. The Balaban J connectivity index is 1.73. The van der Waals surface area contributed by atoms with Gasteiger partial charge in [-0.25, -0.2) is 0 Å². The third-order valence-corrected chi connectivity index (χ3v) is 6.46. The van der Waals surface area contributed by atoms with Crippen LogP contribution in [0.5, 0.6) is 0 Å². The van der Waals surface area contributed by atoms with Crippen LogP contribution in [0.3, 0.4) is 0 Å². The molecule has 1 aromatic heterocycles. The van der Waals surface area contributed by atoms with Gasteiger partial charge in [-0.15, -0.1) is 11.3 Å². The molecule has 2 aliphatic rings. The highest BCUT2D eigenvalue weighted by Crippen LogP contribution is 2.40. The molecule has 0 N–H and O–H groups in total. The molecule has 0 saturated carbocycles. The van der Waals surface area contributed by atoms with E-state index in [-0.39, 0.29) is 11.9 Å². The maximum Gasteiger partial charge on any atom is 0.308 e. The summed E-state index contributed by atoms with van der Waals surface area (Å²) in [5.41, 5.74) is 1.54. The summed E-state index contributed by atoms with van der Waals surface area (Å²) in [5.74, 6) is -0.158. The van der Waals surface area contributed by atoms with Gasteiger partial charge < -0.3 is 9.64 Å². The van der Waals surface area contributed by atoms with E-state index < -0.39 is 0 Å². The molecule has 1 aliphatic heterocycles. The molecule has 23 heavy (non-hydrogen) atoms. The SMILES string of the molecule is COC(=O)C(C)Cc1cc2c(s1)CCCC2N1CCN(C)CC1. The van der Waals surface area contributed by atoms with Gasteiger partial charge in [0.25, 0.3) is 0 Å². The average molecular weight is 337 g/mol. The van der Waals surface area contributed by atoms with Crippen LogP contribution in [0.15, 0.2) is 6.07 Å². The molecule has 1 aliphatic carbocycles. The molecular weight excluding hydrogens is 308 g/mol. The number of carbonyl (C=O) groups is 1. The summed E-state index contributed by atoms with van der Waals surface area (Å²) in [6.07, 6.45) is 4.58. The Morgan fingerprint density at radius 2 is 2.13 bits per heavy atom. The second kappa shape index (κ2) is 7.32. The first-order valence-corrected chi connectivity index (χ1v) is 9.52. The largest absolute Gasteiger partial charge is 0.469 e. The van der Waals surface area contributed by atoms with Crippen LogP contribution in [-0.4, -0.2) is 56.1 Å².